The Kier molecular flexibility index (Phi) is 4.79. The van der Waals surface area contributed by atoms with E-state index in [0.717, 1.165) is 27.5 Å². The summed E-state index contributed by atoms with van der Waals surface area (Å²) in [6, 6.07) is 37.6. The van der Waals surface area contributed by atoms with E-state index in [1.54, 1.807) is 0 Å². The average molecular weight is 480 g/mol. The van der Waals surface area contributed by atoms with E-state index in [9.17, 15) is 4.79 Å². The number of nitrogens with zero attached hydrogens (tertiary/aromatic N) is 1. The van der Waals surface area contributed by atoms with Crippen LogP contribution >= 0.6 is 0 Å². The van der Waals surface area contributed by atoms with Crippen LogP contribution in [0.3, 0.4) is 0 Å². The molecule has 7 rings (SSSR count). The van der Waals surface area contributed by atoms with Gasteiger partial charge in [-0.1, -0.05) is 103 Å². The first-order valence-corrected chi connectivity index (χ1v) is 12.2. The van der Waals surface area contributed by atoms with Crippen LogP contribution in [0.4, 0.5) is 0 Å². The van der Waals surface area contributed by atoms with Crippen molar-refractivity contribution in [1.29, 1.82) is 0 Å². The molecule has 4 nitrogen and oxygen atoms in total. The Bertz CT molecular complexity index is 1820. The quantitative estimate of drug-likeness (QED) is 0.249. The highest BCUT2D eigenvalue weighted by Crippen LogP contribution is 2.47. The van der Waals surface area contributed by atoms with Gasteiger partial charge in [0.15, 0.2) is 11.2 Å². The van der Waals surface area contributed by atoms with Crippen LogP contribution < -0.4 is 10.3 Å². The number of hydrogen-bond donors (Lipinski definition) is 0. The molecule has 0 N–H and O–H groups in total. The van der Waals surface area contributed by atoms with Gasteiger partial charge in [-0.3, -0.25) is 4.79 Å². The second-order valence-electron chi connectivity index (χ2n) is 9.09. The van der Waals surface area contributed by atoms with Gasteiger partial charge < -0.3 is 9.15 Å². The maximum atomic E-state index is 13.5. The molecule has 2 heterocycles. The first kappa shape index (κ1) is 21.3. The Labute approximate surface area is 213 Å². The number of aromatic nitrogens is 1. The van der Waals surface area contributed by atoms with Crippen LogP contribution in [0.1, 0.15) is 16.7 Å². The molecule has 6 aromatic rings. The molecule has 1 aromatic heterocycles. The molecule has 176 valence electrons. The Morgan fingerprint density at radius 1 is 0.649 bits per heavy atom. The second-order valence-corrected chi connectivity index (χ2v) is 9.09. The molecule has 0 atom stereocenters. The Hall–Kier alpha value is -4.96. The van der Waals surface area contributed by atoms with E-state index in [-0.39, 0.29) is 5.56 Å². The van der Waals surface area contributed by atoms with Crippen molar-refractivity contribution in [2.75, 3.05) is 0 Å². The minimum absolute atomic E-state index is 0.298. The van der Waals surface area contributed by atoms with Gasteiger partial charge in [0.1, 0.15) is 5.75 Å². The summed E-state index contributed by atoms with van der Waals surface area (Å²) in [4.78, 5) is 17.9. The van der Waals surface area contributed by atoms with Gasteiger partial charge in [0.2, 0.25) is 5.89 Å². The molecule has 0 radical (unpaired) electrons. The number of hydrogen-bond acceptors (Lipinski definition) is 4. The van der Waals surface area contributed by atoms with Crippen molar-refractivity contribution < 1.29 is 9.15 Å². The molecule has 0 amide bonds. The first-order chi connectivity index (χ1) is 18.2. The molecule has 0 bridgehead atoms. The zero-order valence-electron chi connectivity index (χ0n) is 19.8. The molecule has 5 aromatic carbocycles. The van der Waals surface area contributed by atoms with Gasteiger partial charge in [0.25, 0.3) is 5.56 Å². The van der Waals surface area contributed by atoms with E-state index in [2.05, 4.69) is 29.2 Å². The van der Waals surface area contributed by atoms with Gasteiger partial charge in [-0.15, -0.1) is 0 Å². The van der Waals surface area contributed by atoms with Crippen molar-refractivity contribution in [3.63, 3.8) is 0 Å². The van der Waals surface area contributed by atoms with Crippen molar-refractivity contribution in [2.24, 2.45) is 0 Å². The van der Waals surface area contributed by atoms with Crippen molar-refractivity contribution >= 4 is 27.8 Å². The predicted octanol–water partition coefficient (Wildman–Crippen LogP) is 7.36. The number of rotatable bonds is 3. The van der Waals surface area contributed by atoms with Crippen LogP contribution in [-0.2, 0) is 5.60 Å². The van der Waals surface area contributed by atoms with Gasteiger partial charge in [-0.05, 0) is 24.3 Å². The van der Waals surface area contributed by atoms with Crippen molar-refractivity contribution in [1.82, 2.24) is 4.98 Å². The van der Waals surface area contributed by atoms with E-state index in [4.69, 9.17) is 9.15 Å². The van der Waals surface area contributed by atoms with E-state index in [0.29, 0.717) is 28.2 Å². The van der Waals surface area contributed by atoms with Gasteiger partial charge >= 0.3 is 0 Å². The number of ether oxygens (including phenoxy) is 1. The lowest BCUT2D eigenvalue weighted by Gasteiger charge is -2.36. The third-order valence-electron chi connectivity index (χ3n) is 6.95. The fourth-order valence-electron chi connectivity index (χ4n) is 5.20. The SMILES string of the molecule is O=c1nc(-c2ccccc2)oc2c1c1c(c3ccccc32)OC(c2ccccc2)(c2ccccc2)C=C1. The molecule has 0 saturated carbocycles. The zero-order chi connectivity index (χ0) is 24.8. The molecule has 0 unspecified atom stereocenters. The first-order valence-electron chi connectivity index (χ1n) is 12.2. The summed E-state index contributed by atoms with van der Waals surface area (Å²) in [6.07, 6.45) is 4.01. The summed E-state index contributed by atoms with van der Waals surface area (Å²) in [7, 11) is 0. The zero-order valence-corrected chi connectivity index (χ0v) is 19.8. The van der Waals surface area contributed by atoms with Crippen molar-refractivity contribution in [3.05, 3.63) is 148 Å². The molecule has 4 heteroatoms. The fourth-order valence-corrected chi connectivity index (χ4v) is 5.20. The molecule has 0 aliphatic carbocycles. The molecule has 0 saturated heterocycles. The molecular formula is C33H21NO3. The van der Waals surface area contributed by atoms with Gasteiger partial charge in [-0.25, -0.2) is 0 Å². The Morgan fingerprint density at radius 2 is 1.22 bits per heavy atom. The number of fused-ring (bicyclic) bond motifs is 6. The molecule has 37 heavy (non-hydrogen) atoms. The highest BCUT2D eigenvalue weighted by atomic mass is 16.5. The van der Waals surface area contributed by atoms with Crippen LogP contribution in [0.2, 0.25) is 0 Å². The van der Waals surface area contributed by atoms with Crippen LogP contribution in [0.15, 0.2) is 131 Å². The van der Waals surface area contributed by atoms with Crippen LogP contribution in [0, 0.1) is 0 Å². The number of benzene rings is 5. The summed E-state index contributed by atoms with van der Waals surface area (Å²) in [5.41, 5.74) is 2.73. The summed E-state index contributed by atoms with van der Waals surface area (Å²) >= 11 is 0. The smallest absolute Gasteiger partial charge is 0.284 e. The third kappa shape index (κ3) is 3.30. The summed E-state index contributed by atoms with van der Waals surface area (Å²) in [6.45, 7) is 0. The van der Waals surface area contributed by atoms with E-state index in [1.807, 2.05) is 103 Å². The standard InChI is InChI=1S/C33H21NO3/c35-31-28-27-20-21-33(23-14-6-2-7-15-23,24-16-8-3-9-17-24)37-29(27)25-18-10-11-19-26(25)30(28)36-32(34-31)22-12-4-1-5-13-22/h1-21H. The summed E-state index contributed by atoms with van der Waals surface area (Å²) in [5, 5.41) is 2.09. The van der Waals surface area contributed by atoms with Crippen LogP contribution in [0.5, 0.6) is 5.75 Å². The lowest BCUT2D eigenvalue weighted by Crippen LogP contribution is -2.34. The van der Waals surface area contributed by atoms with Crippen molar-refractivity contribution in [2.45, 2.75) is 5.60 Å². The van der Waals surface area contributed by atoms with E-state index < -0.39 is 5.60 Å². The Balaban J connectivity index is 1.55. The van der Waals surface area contributed by atoms with Gasteiger partial charge in [-0.2, -0.15) is 4.98 Å². The summed E-state index contributed by atoms with van der Waals surface area (Å²) in [5.74, 6) is 0.937. The minimum atomic E-state index is -0.858. The second kappa shape index (κ2) is 8.32. The Morgan fingerprint density at radius 3 is 1.86 bits per heavy atom. The minimum Gasteiger partial charge on any atom is -0.472 e. The molecule has 1 aliphatic heterocycles. The lowest BCUT2D eigenvalue weighted by atomic mass is 9.83. The lowest BCUT2D eigenvalue weighted by molar-refractivity contribution is 0.164. The molecule has 0 spiro atoms. The van der Waals surface area contributed by atoms with Crippen LogP contribution in [-0.4, -0.2) is 4.98 Å². The highest BCUT2D eigenvalue weighted by molar-refractivity contribution is 6.12. The van der Waals surface area contributed by atoms with Crippen molar-refractivity contribution in [3.8, 4) is 17.2 Å². The third-order valence-corrected chi connectivity index (χ3v) is 6.95. The molecule has 1 aliphatic rings. The van der Waals surface area contributed by atoms with E-state index >= 15 is 0 Å². The molecular weight excluding hydrogens is 458 g/mol. The largest absolute Gasteiger partial charge is 0.472 e. The predicted molar refractivity (Wildman–Crippen MR) is 147 cm³/mol. The van der Waals surface area contributed by atoms with Gasteiger partial charge in [0, 0.05) is 33.0 Å². The maximum Gasteiger partial charge on any atom is 0.284 e. The normalized spacial score (nSPS) is 13.8. The maximum absolute atomic E-state index is 13.5. The molecule has 0 fully saturated rings. The van der Waals surface area contributed by atoms with E-state index in [1.165, 1.54) is 0 Å². The topological polar surface area (TPSA) is 52.3 Å². The monoisotopic (exact) mass is 479 g/mol. The van der Waals surface area contributed by atoms with Crippen LogP contribution in [0.25, 0.3) is 39.3 Å². The average Bonchev–Trinajstić information content (AvgIpc) is 2.98. The fraction of sp³-hybridized carbons (Fsp3) is 0.0303. The highest BCUT2D eigenvalue weighted by Gasteiger charge is 2.38. The van der Waals surface area contributed by atoms with Gasteiger partial charge in [0.05, 0.1) is 5.39 Å². The summed E-state index contributed by atoms with van der Waals surface area (Å²) < 4.78 is 13.3.